The van der Waals surface area contributed by atoms with Crippen molar-refractivity contribution in [1.29, 1.82) is 5.26 Å². The van der Waals surface area contributed by atoms with Gasteiger partial charge in [0.1, 0.15) is 0 Å². The molecule has 0 bridgehead atoms. The first-order valence-electron chi connectivity index (χ1n) is 4.76. The number of aliphatic hydroxyl groups excluding tert-OH is 1. The summed E-state index contributed by atoms with van der Waals surface area (Å²) in [5, 5.41) is 21.3. The van der Waals surface area contributed by atoms with Crippen molar-refractivity contribution >= 4 is 0 Å². The van der Waals surface area contributed by atoms with Crippen LogP contribution in [0.25, 0.3) is 0 Å². The van der Waals surface area contributed by atoms with Crippen LogP contribution in [0, 0.1) is 11.3 Å². The third-order valence-corrected chi connectivity index (χ3v) is 2.45. The van der Waals surface area contributed by atoms with Crippen LogP contribution in [0.15, 0.2) is 0 Å². The third kappa shape index (κ3) is 4.25. The van der Waals surface area contributed by atoms with E-state index in [4.69, 9.17) is 5.26 Å². The molecule has 0 aliphatic rings. The van der Waals surface area contributed by atoms with Crippen molar-refractivity contribution in [3.05, 3.63) is 0 Å². The van der Waals surface area contributed by atoms with Gasteiger partial charge < -0.3 is 10.4 Å². The maximum Gasteiger partial charge on any atom is 0.0688 e. The minimum Gasteiger partial charge on any atom is -0.392 e. The second-order valence-electron chi connectivity index (χ2n) is 4.01. The molecule has 2 N–H and O–H groups in total. The highest BCUT2D eigenvalue weighted by Crippen LogP contribution is 2.11. The molecule has 0 spiro atoms. The van der Waals surface area contributed by atoms with Gasteiger partial charge in [-0.25, -0.2) is 0 Å². The van der Waals surface area contributed by atoms with Crippen molar-refractivity contribution in [2.75, 3.05) is 0 Å². The van der Waals surface area contributed by atoms with Gasteiger partial charge in [-0.3, -0.25) is 0 Å². The zero-order valence-electron chi connectivity index (χ0n) is 8.96. The smallest absolute Gasteiger partial charge is 0.0688 e. The lowest BCUT2D eigenvalue weighted by Crippen LogP contribution is -2.52. The van der Waals surface area contributed by atoms with Crippen LogP contribution < -0.4 is 5.32 Å². The molecule has 0 fully saturated rings. The Labute approximate surface area is 80.8 Å². The largest absolute Gasteiger partial charge is 0.392 e. The Morgan fingerprint density at radius 1 is 1.54 bits per heavy atom. The Morgan fingerprint density at radius 2 is 2.08 bits per heavy atom. The lowest BCUT2D eigenvalue weighted by Gasteiger charge is -2.33. The van der Waals surface area contributed by atoms with E-state index in [1.54, 1.807) is 6.92 Å². The first-order chi connectivity index (χ1) is 5.94. The fourth-order valence-electron chi connectivity index (χ4n) is 1.05. The highest BCUT2D eigenvalue weighted by molar-refractivity contribution is 4.89. The Morgan fingerprint density at radius 3 is 2.38 bits per heavy atom. The van der Waals surface area contributed by atoms with Crippen molar-refractivity contribution in [3.8, 4) is 6.07 Å². The molecule has 0 heterocycles. The molecule has 0 amide bonds. The van der Waals surface area contributed by atoms with E-state index in [0.717, 1.165) is 6.42 Å². The lowest BCUT2D eigenvalue weighted by molar-refractivity contribution is 0.0877. The van der Waals surface area contributed by atoms with E-state index in [-0.39, 0.29) is 11.6 Å². The minimum atomic E-state index is -0.416. The summed E-state index contributed by atoms with van der Waals surface area (Å²) in [6.45, 7) is 7.68. The monoisotopic (exact) mass is 184 g/mol. The van der Waals surface area contributed by atoms with Crippen molar-refractivity contribution in [3.63, 3.8) is 0 Å². The summed E-state index contributed by atoms with van der Waals surface area (Å²) < 4.78 is 0. The zero-order valence-corrected chi connectivity index (χ0v) is 8.96. The summed E-state index contributed by atoms with van der Waals surface area (Å²) in [4.78, 5) is 0. The highest BCUT2D eigenvalue weighted by Gasteiger charge is 2.26. The molecule has 0 aromatic rings. The molecular weight excluding hydrogens is 164 g/mol. The molecule has 2 unspecified atom stereocenters. The number of nitriles is 1. The van der Waals surface area contributed by atoms with Crippen LogP contribution in [0.2, 0.25) is 0 Å². The first kappa shape index (κ1) is 12.4. The van der Waals surface area contributed by atoms with Gasteiger partial charge in [-0.1, -0.05) is 6.92 Å². The standard InChI is InChI=1S/C10H20N2O/c1-5-9(6-7-11)12-10(3,4)8(2)13/h8-9,12-13H,5-6H2,1-4H3. The molecular formula is C10H20N2O. The van der Waals surface area contributed by atoms with Crippen LogP contribution in [0.3, 0.4) is 0 Å². The topological polar surface area (TPSA) is 56.0 Å². The van der Waals surface area contributed by atoms with E-state index < -0.39 is 6.10 Å². The molecule has 0 aliphatic carbocycles. The molecule has 0 rings (SSSR count). The summed E-state index contributed by atoms with van der Waals surface area (Å²) >= 11 is 0. The second kappa shape index (κ2) is 5.21. The molecule has 2 atom stereocenters. The normalized spacial score (nSPS) is 16.3. The molecule has 0 saturated heterocycles. The molecule has 3 nitrogen and oxygen atoms in total. The Hall–Kier alpha value is -0.590. The quantitative estimate of drug-likeness (QED) is 0.679. The molecule has 76 valence electrons. The molecule has 0 saturated carbocycles. The molecule has 0 aromatic carbocycles. The van der Waals surface area contributed by atoms with Crippen LogP contribution in [0.1, 0.15) is 40.5 Å². The van der Waals surface area contributed by atoms with E-state index in [0.29, 0.717) is 6.42 Å². The van der Waals surface area contributed by atoms with Gasteiger partial charge in [0.2, 0.25) is 0 Å². The van der Waals surface area contributed by atoms with Crippen LogP contribution in [-0.2, 0) is 0 Å². The highest BCUT2D eigenvalue weighted by atomic mass is 16.3. The van der Waals surface area contributed by atoms with E-state index in [2.05, 4.69) is 11.4 Å². The number of rotatable bonds is 5. The van der Waals surface area contributed by atoms with Crippen molar-refractivity contribution < 1.29 is 5.11 Å². The zero-order chi connectivity index (χ0) is 10.5. The summed E-state index contributed by atoms with van der Waals surface area (Å²) in [6, 6.07) is 2.31. The van der Waals surface area contributed by atoms with E-state index in [1.165, 1.54) is 0 Å². The SMILES string of the molecule is CCC(CC#N)NC(C)(C)C(C)O. The number of nitrogens with one attached hydrogen (secondary N) is 1. The van der Waals surface area contributed by atoms with Crippen LogP contribution >= 0.6 is 0 Å². The van der Waals surface area contributed by atoms with E-state index >= 15 is 0 Å². The minimum absolute atomic E-state index is 0.176. The first-order valence-corrected chi connectivity index (χ1v) is 4.76. The van der Waals surface area contributed by atoms with Gasteiger partial charge in [0.25, 0.3) is 0 Å². The van der Waals surface area contributed by atoms with Gasteiger partial charge in [0.15, 0.2) is 0 Å². The van der Waals surface area contributed by atoms with Crippen molar-refractivity contribution in [2.45, 2.75) is 58.2 Å². The maximum absolute atomic E-state index is 9.45. The van der Waals surface area contributed by atoms with Gasteiger partial charge in [-0.05, 0) is 27.2 Å². The van der Waals surface area contributed by atoms with Gasteiger partial charge in [-0.2, -0.15) is 5.26 Å². The summed E-state index contributed by atoms with van der Waals surface area (Å²) in [6.07, 6.45) is 0.983. The average Bonchev–Trinajstić information content (AvgIpc) is 2.03. The fraction of sp³-hybridized carbons (Fsp3) is 0.900. The fourth-order valence-corrected chi connectivity index (χ4v) is 1.05. The van der Waals surface area contributed by atoms with Crippen LogP contribution in [0.4, 0.5) is 0 Å². The van der Waals surface area contributed by atoms with Gasteiger partial charge >= 0.3 is 0 Å². The van der Waals surface area contributed by atoms with E-state index in [9.17, 15) is 5.11 Å². The molecule has 13 heavy (non-hydrogen) atoms. The number of hydrogen-bond donors (Lipinski definition) is 2. The predicted molar refractivity (Wildman–Crippen MR) is 53.2 cm³/mol. The third-order valence-electron chi connectivity index (χ3n) is 2.45. The van der Waals surface area contributed by atoms with Gasteiger partial charge in [0.05, 0.1) is 18.6 Å². The van der Waals surface area contributed by atoms with Crippen LogP contribution in [0.5, 0.6) is 0 Å². The molecule has 3 heteroatoms. The Bertz CT molecular complexity index is 182. The number of hydrogen-bond acceptors (Lipinski definition) is 3. The number of aliphatic hydroxyl groups is 1. The molecule has 0 radical (unpaired) electrons. The Balaban J connectivity index is 4.15. The molecule has 0 aliphatic heterocycles. The second-order valence-corrected chi connectivity index (χ2v) is 4.01. The van der Waals surface area contributed by atoms with Gasteiger partial charge in [0, 0.05) is 11.6 Å². The van der Waals surface area contributed by atoms with Crippen molar-refractivity contribution in [1.82, 2.24) is 5.32 Å². The predicted octanol–water partition coefficient (Wildman–Crippen LogP) is 1.43. The number of nitrogens with zero attached hydrogens (tertiary/aromatic N) is 1. The average molecular weight is 184 g/mol. The Kier molecular flexibility index (Phi) is 4.97. The molecule has 0 aromatic heterocycles. The summed E-state index contributed by atoms with van der Waals surface area (Å²) in [5.74, 6) is 0. The van der Waals surface area contributed by atoms with Crippen LogP contribution in [-0.4, -0.2) is 22.8 Å². The van der Waals surface area contributed by atoms with Crippen molar-refractivity contribution in [2.24, 2.45) is 0 Å². The van der Waals surface area contributed by atoms with E-state index in [1.807, 2.05) is 20.8 Å². The summed E-state index contributed by atoms with van der Waals surface area (Å²) in [7, 11) is 0. The lowest BCUT2D eigenvalue weighted by atomic mass is 9.96. The maximum atomic E-state index is 9.45. The summed E-state index contributed by atoms with van der Waals surface area (Å²) in [5.41, 5.74) is -0.322. The van der Waals surface area contributed by atoms with Gasteiger partial charge in [-0.15, -0.1) is 0 Å².